The summed E-state index contributed by atoms with van der Waals surface area (Å²) < 4.78 is 46.7. The first-order valence-corrected chi connectivity index (χ1v) is 10.3. The van der Waals surface area contributed by atoms with E-state index in [0.717, 1.165) is 17.2 Å². The van der Waals surface area contributed by atoms with Crippen molar-refractivity contribution in [1.82, 2.24) is 0 Å². The van der Waals surface area contributed by atoms with E-state index < -0.39 is 20.7 Å². The van der Waals surface area contributed by atoms with Crippen LogP contribution in [0, 0.1) is 5.82 Å². The summed E-state index contributed by atoms with van der Waals surface area (Å²) in [5.41, 5.74) is 2.28. The largest absolute Gasteiger partial charge is 0.493 e. The quantitative estimate of drug-likeness (QED) is 0.336. The van der Waals surface area contributed by atoms with Gasteiger partial charge in [0, 0.05) is 12.5 Å². The van der Waals surface area contributed by atoms with Gasteiger partial charge in [0.05, 0.1) is 18.5 Å². The first kappa shape index (κ1) is 20.3. The number of hydrogen-bond donors (Lipinski definition) is 2. The molecule has 0 saturated carbocycles. The molecule has 3 rings (SSSR count). The Balaban J connectivity index is 1.61. The van der Waals surface area contributed by atoms with Crippen molar-refractivity contribution in [2.24, 2.45) is 10.9 Å². The lowest BCUT2D eigenvalue weighted by Gasteiger charge is -2.11. The number of nitrogens with zero attached hydrogens (tertiary/aromatic N) is 1. The van der Waals surface area contributed by atoms with Crippen LogP contribution < -0.4 is 15.3 Å². The maximum absolute atomic E-state index is 13.8. The number of anilines is 1. The number of sulfonamides is 1. The summed E-state index contributed by atoms with van der Waals surface area (Å²) in [5.74, 6) is 4.82. The minimum absolute atomic E-state index is 0.288. The Bertz CT molecular complexity index is 1100. The summed E-state index contributed by atoms with van der Waals surface area (Å²) in [6.07, 6.45) is 2.24. The van der Waals surface area contributed by atoms with Crippen LogP contribution in [0.1, 0.15) is 11.1 Å². The van der Waals surface area contributed by atoms with Crippen molar-refractivity contribution in [1.29, 1.82) is 0 Å². The SMILES string of the molecule is NN=Cc1ccc(CCOc2cccc(NS(=O)(=O)c3ccccc3F)c2)cc1. The Morgan fingerprint density at radius 2 is 1.79 bits per heavy atom. The molecule has 0 aromatic heterocycles. The molecule has 6 nitrogen and oxygen atoms in total. The molecule has 150 valence electrons. The van der Waals surface area contributed by atoms with Crippen molar-refractivity contribution in [3.8, 4) is 5.75 Å². The van der Waals surface area contributed by atoms with Crippen LogP contribution in [0.25, 0.3) is 0 Å². The fourth-order valence-electron chi connectivity index (χ4n) is 2.67. The van der Waals surface area contributed by atoms with Gasteiger partial charge in [-0.25, -0.2) is 12.8 Å². The van der Waals surface area contributed by atoms with Gasteiger partial charge in [-0.15, -0.1) is 0 Å². The Labute approximate surface area is 168 Å². The second-order valence-corrected chi connectivity index (χ2v) is 7.83. The number of rotatable bonds is 8. The molecule has 0 atom stereocenters. The van der Waals surface area contributed by atoms with Crippen LogP contribution in [-0.2, 0) is 16.4 Å². The zero-order chi connectivity index (χ0) is 20.7. The molecule has 0 aliphatic heterocycles. The number of hydrogen-bond acceptors (Lipinski definition) is 5. The van der Waals surface area contributed by atoms with E-state index in [-0.39, 0.29) is 5.69 Å². The van der Waals surface area contributed by atoms with Gasteiger partial charge in [-0.05, 0) is 35.4 Å². The second-order valence-electron chi connectivity index (χ2n) is 6.18. The zero-order valence-corrected chi connectivity index (χ0v) is 16.3. The third-order valence-electron chi connectivity index (χ3n) is 4.08. The van der Waals surface area contributed by atoms with E-state index in [9.17, 15) is 12.8 Å². The van der Waals surface area contributed by atoms with E-state index >= 15 is 0 Å². The minimum atomic E-state index is -4.03. The molecule has 0 fully saturated rings. The highest BCUT2D eigenvalue weighted by atomic mass is 32.2. The van der Waals surface area contributed by atoms with Crippen LogP contribution in [0.3, 0.4) is 0 Å². The maximum atomic E-state index is 13.8. The zero-order valence-electron chi connectivity index (χ0n) is 15.5. The van der Waals surface area contributed by atoms with Gasteiger partial charge in [0.25, 0.3) is 10.0 Å². The standard InChI is InChI=1S/C21H20FN3O3S/c22-20-6-1-2-7-21(20)29(26,27)25-18-4-3-5-19(14-18)28-13-12-16-8-10-17(11-9-16)15-24-23/h1-11,14-15,25H,12-13,23H2. The van der Waals surface area contributed by atoms with Crippen molar-refractivity contribution in [2.75, 3.05) is 11.3 Å². The number of benzene rings is 3. The highest BCUT2D eigenvalue weighted by Crippen LogP contribution is 2.22. The van der Waals surface area contributed by atoms with Crippen LogP contribution in [0.2, 0.25) is 0 Å². The molecule has 0 amide bonds. The number of halogens is 1. The summed E-state index contributed by atoms with van der Waals surface area (Å²) in [4.78, 5) is -0.408. The third-order valence-corrected chi connectivity index (χ3v) is 5.49. The van der Waals surface area contributed by atoms with E-state index in [0.29, 0.717) is 18.8 Å². The molecule has 29 heavy (non-hydrogen) atoms. The monoisotopic (exact) mass is 413 g/mol. The molecule has 8 heteroatoms. The summed E-state index contributed by atoms with van der Waals surface area (Å²) in [7, 11) is -4.03. The fraction of sp³-hybridized carbons (Fsp3) is 0.0952. The highest BCUT2D eigenvalue weighted by molar-refractivity contribution is 7.92. The van der Waals surface area contributed by atoms with Crippen molar-refractivity contribution >= 4 is 21.9 Å². The minimum Gasteiger partial charge on any atom is -0.493 e. The van der Waals surface area contributed by atoms with Crippen LogP contribution >= 0.6 is 0 Å². The van der Waals surface area contributed by atoms with Gasteiger partial charge >= 0.3 is 0 Å². The van der Waals surface area contributed by atoms with Crippen molar-refractivity contribution in [3.05, 3.63) is 89.7 Å². The molecule has 0 heterocycles. The van der Waals surface area contributed by atoms with Crippen molar-refractivity contribution in [3.63, 3.8) is 0 Å². The molecule has 0 spiro atoms. The fourth-order valence-corrected chi connectivity index (χ4v) is 3.80. The predicted octanol–water partition coefficient (Wildman–Crippen LogP) is 3.54. The molecule has 3 aromatic carbocycles. The summed E-state index contributed by atoms with van der Waals surface area (Å²) in [6.45, 7) is 0.411. The number of ether oxygens (including phenoxy) is 1. The van der Waals surface area contributed by atoms with Gasteiger partial charge in [0.15, 0.2) is 0 Å². The molecule has 3 N–H and O–H groups in total. The lowest BCUT2D eigenvalue weighted by molar-refractivity contribution is 0.322. The van der Waals surface area contributed by atoms with Crippen LogP contribution in [-0.4, -0.2) is 21.2 Å². The van der Waals surface area contributed by atoms with Crippen LogP contribution in [0.5, 0.6) is 5.75 Å². The topological polar surface area (TPSA) is 93.8 Å². The van der Waals surface area contributed by atoms with E-state index in [2.05, 4.69) is 9.82 Å². The maximum Gasteiger partial charge on any atom is 0.264 e. The molecule has 0 radical (unpaired) electrons. The number of nitrogens with one attached hydrogen (secondary N) is 1. The average molecular weight is 413 g/mol. The Morgan fingerprint density at radius 1 is 1.03 bits per heavy atom. The Kier molecular flexibility index (Phi) is 6.46. The van der Waals surface area contributed by atoms with E-state index in [1.54, 1.807) is 30.5 Å². The lowest BCUT2D eigenvalue weighted by Crippen LogP contribution is -2.14. The van der Waals surface area contributed by atoms with Gasteiger partial charge in [0.1, 0.15) is 16.5 Å². The lowest BCUT2D eigenvalue weighted by atomic mass is 10.1. The summed E-state index contributed by atoms with van der Waals surface area (Å²) >= 11 is 0. The molecular formula is C21H20FN3O3S. The Hall–Kier alpha value is -3.39. The predicted molar refractivity (Wildman–Crippen MR) is 111 cm³/mol. The summed E-state index contributed by atoms with van der Waals surface area (Å²) in [5, 5.41) is 3.48. The third kappa shape index (κ3) is 5.55. The van der Waals surface area contributed by atoms with Crippen LogP contribution in [0.4, 0.5) is 10.1 Å². The highest BCUT2D eigenvalue weighted by Gasteiger charge is 2.18. The molecule has 0 aliphatic carbocycles. The Morgan fingerprint density at radius 3 is 2.52 bits per heavy atom. The van der Waals surface area contributed by atoms with E-state index in [1.807, 2.05) is 24.3 Å². The first-order chi connectivity index (χ1) is 14.0. The first-order valence-electron chi connectivity index (χ1n) is 8.80. The van der Waals surface area contributed by atoms with Gasteiger partial charge < -0.3 is 10.6 Å². The molecule has 0 unspecified atom stereocenters. The smallest absolute Gasteiger partial charge is 0.264 e. The van der Waals surface area contributed by atoms with E-state index in [1.165, 1.54) is 18.2 Å². The molecule has 3 aromatic rings. The average Bonchev–Trinajstić information content (AvgIpc) is 2.70. The van der Waals surface area contributed by atoms with Gasteiger partial charge in [-0.1, -0.05) is 42.5 Å². The summed E-state index contributed by atoms with van der Waals surface area (Å²) in [6, 6.07) is 19.5. The molecular weight excluding hydrogens is 393 g/mol. The van der Waals surface area contributed by atoms with Gasteiger partial charge in [0.2, 0.25) is 0 Å². The number of nitrogens with two attached hydrogens (primary N) is 1. The normalized spacial score (nSPS) is 11.5. The molecule has 0 bridgehead atoms. The van der Waals surface area contributed by atoms with Crippen LogP contribution in [0.15, 0.2) is 82.8 Å². The van der Waals surface area contributed by atoms with Crippen molar-refractivity contribution < 1.29 is 17.5 Å². The van der Waals surface area contributed by atoms with E-state index in [4.69, 9.17) is 10.6 Å². The number of hydrazone groups is 1. The van der Waals surface area contributed by atoms with Crippen molar-refractivity contribution in [2.45, 2.75) is 11.3 Å². The van der Waals surface area contributed by atoms with Gasteiger partial charge in [-0.3, -0.25) is 4.72 Å². The molecule has 0 aliphatic rings. The second kappa shape index (κ2) is 9.20. The molecule has 0 saturated heterocycles. The van der Waals surface area contributed by atoms with Gasteiger partial charge in [-0.2, -0.15) is 5.10 Å².